The van der Waals surface area contributed by atoms with Crippen molar-refractivity contribution in [3.05, 3.63) is 22.2 Å². The van der Waals surface area contributed by atoms with E-state index < -0.39 is 4.92 Å². The highest BCUT2D eigenvalue weighted by Crippen LogP contribution is 2.40. The Hall–Kier alpha value is -1.98. The Morgan fingerprint density at radius 2 is 2.11 bits per heavy atom. The summed E-state index contributed by atoms with van der Waals surface area (Å²) in [7, 11) is 0. The number of nitrogens with one attached hydrogen (secondary N) is 1. The Bertz CT molecular complexity index is 476. The van der Waals surface area contributed by atoms with E-state index >= 15 is 0 Å². The Labute approximate surface area is 111 Å². The van der Waals surface area contributed by atoms with E-state index in [2.05, 4.69) is 12.2 Å². The van der Waals surface area contributed by atoms with Crippen molar-refractivity contribution in [1.29, 1.82) is 0 Å². The maximum absolute atomic E-state index is 11.1. The van der Waals surface area contributed by atoms with E-state index in [0.29, 0.717) is 17.2 Å². The number of nitro benzene ring substituents is 1. The summed E-state index contributed by atoms with van der Waals surface area (Å²) in [5.74, 6) is 0.981. The molecule has 1 atom stereocenters. The first kappa shape index (κ1) is 13.5. The molecule has 1 aromatic rings. The molecule has 104 valence electrons. The van der Waals surface area contributed by atoms with Crippen molar-refractivity contribution in [2.75, 3.05) is 12.1 Å². The van der Waals surface area contributed by atoms with Gasteiger partial charge >= 0.3 is 0 Å². The van der Waals surface area contributed by atoms with Crippen LogP contribution in [0.15, 0.2) is 12.1 Å². The molecule has 1 unspecified atom stereocenters. The fourth-order valence-corrected chi connectivity index (χ4v) is 2.05. The summed E-state index contributed by atoms with van der Waals surface area (Å²) in [6.45, 7) is 4.25. The van der Waals surface area contributed by atoms with E-state index in [1.54, 1.807) is 6.07 Å². The van der Waals surface area contributed by atoms with Crippen LogP contribution in [0.3, 0.4) is 0 Å². The number of ether oxygens (including phenoxy) is 2. The minimum Gasteiger partial charge on any atom is -0.454 e. The van der Waals surface area contributed by atoms with Crippen LogP contribution in [-0.4, -0.2) is 17.8 Å². The third-order valence-corrected chi connectivity index (χ3v) is 3.08. The van der Waals surface area contributed by atoms with Crippen LogP contribution >= 0.6 is 0 Å². The van der Waals surface area contributed by atoms with Gasteiger partial charge in [-0.25, -0.2) is 0 Å². The van der Waals surface area contributed by atoms with Crippen molar-refractivity contribution in [2.45, 2.75) is 39.2 Å². The van der Waals surface area contributed by atoms with Crippen molar-refractivity contribution in [3.8, 4) is 11.5 Å². The van der Waals surface area contributed by atoms with Crippen LogP contribution in [0.25, 0.3) is 0 Å². The molecule has 0 radical (unpaired) electrons. The van der Waals surface area contributed by atoms with Gasteiger partial charge in [-0.05, 0) is 13.3 Å². The van der Waals surface area contributed by atoms with Gasteiger partial charge in [0, 0.05) is 12.1 Å². The summed E-state index contributed by atoms with van der Waals surface area (Å²) in [6, 6.07) is 3.24. The van der Waals surface area contributed by atoms with Crippen LogP contribution in [0.1, 0.15) is 33.1 Å². The van der Waals surface area contributed by atoms with E-state index in [0.717, 1.165) is 19.3 Å². The molecule has 0 aromatic heterocycles. The van der Waals surface area contributed by atoms with Crippen molar-refractivity contribution >= 4 is 11.4 Å². The Morgan fingerprint density at radius 3 is 2.74 bits per heavy atom. The fourth-order valence-electron chi connectivity index (χ4n) is 2.05. The predicted octanol–water partition coefficient (Wildman–Crippen LogP) is 3.31. The second-order valence-electron chi connectivity index (χ2n) is 4.67. The number of nitrogens with zero attached hydrogens (tertiary/aromatic N) is 1. The largest absolute Gasteiger partial charge is 0.454 e. The van der Waals surface area contributed by atoms with Gasteiger partial charge in [0.05, 0.1) is 11.0 Å². The van der Waals surface area contributed by atoms with Crippen molar-refractivity contribution in [1.82, 2.24) is 0 Å². The molecule has 2 rings (SSSR count). The molecule has 19 heavy (non-hydrogen) atoms. The minimum atomic E-state index is -0.406. The van der Waals surface area contributed by atoms with Crippen molar-refractivity contribution in [2.24, 2.45) is 0 Å². The highest BCUT2D eigenvalue weighted by atomic mass is 16.7. The normalized spacial score (nSPS) is 14.2. The molecule has 1 aromatic carbocycles. The Morgan fingerprint density at radius 1 is 1.42 bits per heavy atom. The SMILES string of the molecule is CCCCC(C)Nc1cc2c(cc1[N+](=O)[O-])OCO2. The first-order chi connectivity index (χ1) is 9.11. The lowest BCUT2D eigenvalue weighted by molar-refractivity contribution is -0.384. The Kier molecular flexibility index (Phi) is 4.09. The maximum atomic E-state index is 11.1. The lowest BCUT2D eigenvalue weighted by atomic mass is 10.1. The van der Waals surface area contributed by atoms with Gasteiger partial charge in [-0.1, -0.05) is 19.8 Å². The molecule has 1 heterocycles. The summed E-state index contributed by atoms with van der Waals surface area (Å²) in [6.07, 6.45) is 3.17. The zero-order chi connectivity index (χ0) is 13.8. The zero-order valence-corrected chi connectivity index (χ0v) is 11.1. The fraction of sp³-hybridized carbons (Fsp3) is 0.538. The second-order valence-corrected chi connectivity index (χ2v) is 4.67. The number of fused-ring (bicyclic) bond motifs is 1. The Balaban J connectivity index is 2.20. The average Bonchev–Trinajstić information content (AvgIpc) is 2.82. The highest BCUT2D eigenvalue weighted by Gasteiger charge is 2.23. The summed E-state index contributed by atoms with van der Waals surface area (Å²) in [5, 5.41) is 14.3. The maximum Gasteiger partial charge on any atom is 0.296 e. The lowest BCUT2D eigenvalue weighted by Crippen LogP contribution is -2.15. The molecule has 0 spiro atoms. The van der Waals surface area contributed by atoms with Gasteiger partial charge in [-0.2, -0.15) is 0 Å². The van der Waals surface area contributed by atoms with E-state index in [4.69, 9.17) is 9.47 Å². The van der Waals surface area contributed by atoms with Gasteiger partial charge < -0.3 is 14.8 Å². The molecule has 6 heteroatoms. The molecule has 0 amide bonds. The van der Waals surface area contributed by atoms with Gasteiger partial charge in [0.2, 0.25) is 6.79 Å². The summed E-state index contributed by atoms with van der Waals surface area (Å²) in [4.78, 5) is 10.7. The molecular weight excluding hydrogens is 248 g/mol. The van der Waals surface area contributed by atoms with E-state index in [1.165, 1.54) is 6.07 Å². The first-order valence-electron chi connectivity index (χ1n) is 6.46. The number of unbranched alkanes of at least 4 members (excludes halogenated alkanes) is 1. The smallest absolute Gasteiger partial charge is 0.296 e. The summed E-state index contributed by atoms with van der Waals surface area (Å²) < 4.78 is 10.4. The van der Waals surface area contributed by atoms with Gasteiger partial charge in [-0.15, -0.1) is 0 Å². The summed E-state index contributed by atoms with van der Waals surface area (Å²) >= 11 is 0. The number of nitro groups is 1. The quantitative estimate of drug-likeness (QED) is 0.631. The first-order valence-corrected chi connectivity index (χ1v) is 6.46. The molecule has 0 saturated carbocycles. The lowest BCUT2D eigenvalue weighted by Gasteiger charge is -2.15. The topological polar surface area (TPSA) is 73.6 Å². The highest BCUT2D eigenvalue weighted by molar-refractivity contribution is 5.69. The van der Waals surface area contributed by atoms with E-state index in [-0.39, 0.29) is 18.5 Å². The van der Waals surface area contributed by atoms with Crippen LogP contribution in [0, 0.1) is 10.1 Å². The predicted molar refractivity (Wildman–Crippen MR) is 71.8 cm³/mol. The zero-order valence-electron chi connectivity index (χ0n) is 11.1. The van der Waals surface area contributed by atoms with Crippen LogP contribution < -0.4 is 14.8 Å². The third kappa shape index (κ3) is 3.07. The third-order valence-electron chi connectivity index (χ3n) is 3.08. The van der Waals surface area contributed by atoms with Crippen molar-refractivity contribution < 1.29 is 14.4 Å². The van der Waals surface area contributed by atoms with Gasteiger partial charge in [-0.3, -0.25) is 10.1 Å². The van der Waals surface area contributed by atoms with Gasteiger partial charge in [0.1, 0.15) is 5.69 Å². The van der Waals surface area contributed by atoms with E-state index in [1.807, 2.05) is 6.92 Å². The minimum absolute atomic E-state index is 0.0209. The number of anilines is 1. The average molecular weight is 266 g/mol. The van der Waals surface area contributed by atoms with Crippen LogP contribution in [0.4, 0.5) is 11.4 Å². The molecule has 0 fully saturated rings. The van der Waals surface area contributed by atoms with E-state index in [9.17, 15) is 10.1 Å². The molecular formula is C13H18N2O4. The monoisotopic (exact) mass is 266 g/mol. The van der Waals surface area contributed by atoms with Crippen molar-refractivity contribution in [3.63, 3.8) is 0 Å². The second kappa shape index (κ2) is 5.77. The van der Waals surface area contributed by atoms with Gasteiger partial charge in [0.15, 0.2) is 11.5 Å². The molecule has 1 aliphatic heterocycles. The van der Waals surface area contributed by atoms with Crippen LogP contribution in [0.2, 0.25) is 0 Å². The van der Waals surface area contributed by atoms with Crippen LogP contribution in [-0.2, 0) is 0 Å². The molecule has 6 nitrogen and oxygen atoms in total. The number of benzene rings is 1. The molecule has 1 aliphatic rings. The van der Waals surface area contributed by atoms with Crippen LogP contribution in [0.5, 0.6) is 11.5 Å². The molecule has 0 saturated heterocycles. The van der Waals surface area contributed by atoms with Gasteiger partial charge in [0.25, 0.3) is 5.69 Å². The number of rotatable bonds is 6. The standard InChI is InChI=1S/C13H18N2O4/c1-3-4-5-9(2)14-10-6-12-13(19-8-18-12)7-11(10)15(16)17/h6-7,9,14H,3-5,8H2,1-2H3. The number of hydrogen-bond donors (Lipinski definition) is 1. The molecule has 0 aliphatic carbocycles. The number of hydrogen-bond acceptors (Lipinski definition) is 5. The summed E-state index contributed by atoms with van der Waals surface area (Å²) in [5.41, 5.74) is 0.505. The molecule has 0 bridgehead atoms. The molecule has 1 N–H and O–H groups in total.